The lowest BCUT2D eigenvalue weighted by Crippen LogP contribution is -2.14. The Bertz CT molecular complexity index is 833. The standard InChI is InChI=1S/C16H12ClN3O/c17-12-7-8-14(11-5-3-9-19-15(11)12)20-16(21)10-4-1-2-6-13(10)18/h1-9H,18H2,(H,20,21). The number of fused-ring (bicyclic) bond motifs is 1. The van der Waals surface area contributed by atoms with Crippen molar-refractivity contribution >= 4 is 39.8 Å². The van der Waals surface area contributed by atoms with Crippen molar-refractivity contribution < 1.29 is 4.79 Å². The maximum absolute atomic E-state index is 12.3. The molecule has 0 spiro atoms. The highest BCUT2D eigenvalue weighted by Crippen LogP contribution is 2.28. The van der Waals surface area contributed by atoms with Crippen LogP contribution in [-0.4, -0.2) is 10.9 Å². The van der Waals surface area contributed by atoms with E-state index in [1.165, 1.54) is 0 Å². The lowest BCUT2D eigenvalue weighted by atomic mass is 10.1. The number of nitrogen functional groups attached to an aromatic ring is 1. The van der Waals surface area contributed by atoms with Crippen LogP contribution >= 0.6 is 11.6 Å². The second-order valence-corrected chi connectivity index (χ2v) is 4.94. The molecule has 1 amide bonds. The third-order valence-electron chi connectivity index (χ3n) is 3.17. The Kier molecular flexibility index (Phi) is 3.46. The van der Waals surface area contributed by atoms with Gasteiger partial charge in [-0.3, -0.25) is 9.78 Å². The minimum absolute atomic E-state index is 0.263. The zero-order valence-corrected chi connectivity index (χ0v) is 11.8. The monoisotopic (exact) mass is 297 g/mol. The van der Waals surface area contributed by atoms with Gasteiger partial charge in [-0.05, 0) is 36.4 Å². The molecule has 21 heavy (non-hydrogen) atoms. The number of hydrogen-bond donors (Lipinski definition) is 2. The molecule has 0 aliphatic rings. The highest BCUT2D eigenvalue weighted by molar-refractivity contribution is 6.35. The molecule has 3 rings (SSSR count). The van der Waals surface area contributed by atoms with Gasteiger partial charge in [-0.25, -0.2) is 0 Å². The number of benzene rings is 2. The smallest absolute Gasteiger partial charge is 0.257 e. The van der Waals surface area contributed by atoms with Gasteiger partial charge in [0.25, 0.3) is 5.91 Å². The number of halogens is 1. The number of nitrogens with zero attached hydrogens (tertiary/aromatic N) is 1. The van der Waals surface area contributed by atoms with Gasteiger partial charge in [0.1, 0.15) is 0 Å². The fraction of sp³-hybridized carbons (Fsp3) is 0. The van der Waals surface area contributed by atoms with Crippen molar-refractivity contribution in [3.63, 3.8) is 0 Å². The van der Waals surface area contributed by atoms with Crippen LogP contribution in [0.3, 0.4) is 0 Å². The number of nitrogens with two attached hydrogens (primary N) is 1. The number of pyridine rings is 1. The second kappa shape index (κ2) is 5.42. The summed E-state index contributed by atoms with van der Waals surface area (Å²) in [6.45, 7) is 0. The lowest BCUT2D eigenvalue weighted by molar-refractivity contribution is 0.102. The molecule has 3 aromatic rings. The fourth-order valence-corrected chi connectivity index (χ4v) is 2.35. The van der Waals surface area contributed by atoms with Crippen molar-refractivity contribution in [2.24, 2.45) is 0 Å². The molecule has 0 unspecified atom stereocenters. The molecular weight excluding hydrogens is 286 g/mol. The van der Waals surface area contributed by atoms with E-state index in [0.717, 1.165) is 5.39 Å². The number of amides is 1. The first-order chi connectivity index (χ1) is 10.2. The van der Waals surface area contributed by atoms with Crippen molar-refractivity contribution in [2.75, 3.05) is 11.1 Å². The van der Waals surface area contributed by atoms with E-state index in [4.69, 9.17) is 17.3 Å². The van der Waals surface area contributed by atoms with Gasteiger partial charge < -0.3 is 11.1 Å². The van der Waals surface area contributed by atoms with Crippen LogP contribution in [0.4, 0.5) is 11.4 Å². The Morgan fingerprint density at radius 3 is 2.71 bits per heavy atom. The molecular formula is C16H12ClN3O. The molecule has 0 aliphatic carbocycles. The van der Waals surface area contributed by atoms with Crippen molar-refractivity contribution in [3.8, 4) is 0 Å². The summed E-state index contributed by atoms with van der Waals surface area (Å²) in [6.07, 6.45) is 1.66. The Morgan fingerprint density at radius 2 is 1.90 bits per heavy atom. The van der Waals surface area contributed by atoms with Crippen LogP contribution in [0.25, 0.3) is 10.9 Å². The number of carbonyl (C=O) groups excluding carboxylic acids is 1. The van der Waals surface area contributed by atoms with Crippen LogP contribution in [-0.2, 0) is 0 Å². The average Bonchev–Trinajstić information content (AvgIpc) is 2.51. The van der Waals surface area contributed by atoms with Crippen molar-refractivity contribution in [1.82, 2.24) is 4.98 Å². The van der Waals surface area contributed by atoms with Gasteiger partial charge in [0.15, 0.2) is 0 Å². The van der Waals surface area contributed by atoms with Gasteiger partial charge in [-0.1, -0.05) is 23.7 Å². The molecule has 0 bridgehead atoms. The highest BCUT2D eigenvalue weighted by Gasteiger charge is 2.12. The summed E-state index contributed by atoms with van der Waals surface area (Å²) in [5, 5.41) is 4.18. The van der Waals surface area contributed by atoms with E-state index < -0.39 is 0 Å². The first-order valence-corrected chi connectivity index (χ1v) is 6.73. The van der Waals surface area contributed by atoms with Crippen molar-refractivity contribution in [1.29, 1.82) is 0 Å². The number of rotatable bonds is 2. The molecule has 104 valence electrons. The van der Waals surface area contributed by atoms with E-state index in [-0.39, 0.29) is 5.91 Å². The number of nitrogens with one attached hydrogen (secondary N) is 1. The van der Waals surface area contributed by atoms with Gasteiger partial charge >= 0.3 is 0 Å². The van der Waals surface area contributed by atoms with Crippen LogP contribution in [0.5, 0.6) is 0 Å². The summed E-state index contributed by atoms with van der Waals surface area (Å²) in [6, 6.07) is 14.0. The summed E-state index contributed by atoms with van der Waals surface area (Å²) >= 11 is 6.11. The molecule has 4 nitrogen and oxygen atoms in total. The van der Waals surface area contributed by atoms with Gasteiger partial charge in [0.2, 0.25) is 0 Å². The topological polar surface area (TPSA) is 68.0 Å². The van der Waals surface area contributed by atoms with E-state index in [2.05, 4.69) is 10.3 Å². The third kappa shape index (κ3) is 2.53. The molecule has 3 N–H and O–H groups in total. The Morgan fingerprint density at radius 1 is 1.10 bits per heavy atom. The summed E-state index contributed by atoms with van der Waals surface area (Å²) in [5.74, 6) is -0.263. The fourth-order valence-electron chi connectivity index (χ4n) is 2.14. The number of hydrogen-bond acceptors (Lipinski definition) is 3. The molecule has 1 heterocycles. The molecule has 0 saturated carbocycles. The van der Waals surface area contributed by atoms with Crippen LogP contribution in [0, 0.1) is 0 Å². The molecule has 5 heteroatoms. The quantitative estimate of drug-likeness (QED) is 0.708. The highest BCUT2D eigenvalue weighted by atomic mass is 35.5. The first-order valence-electron chi connectivity index (χ1n) is 6.36. The minimum Gasteiger partial charge on any atom is -0.398 e. The summed E-state index contributed by atoms with van der Waals surface area (Å²) in [5.41, 5.74) is 7.99. The Labute approximate surface area is 126 Å². The Balaban J connectivity index is 2.01. The second-order valence-electron chi connectivity index (χ2n) is 4.54. The molecule has 0 radical (unpaired) electrons. The molecule has 2 aromatic carbocycles. The van der Waals surface area contributed by atoms with Gasteiger partial charge in [-0.15, -0.1) is 0 Å². The van der Waals surface area contributed by atoms with Crippen LogP contribution < -0.4 is 11.1 Å². The lowest BCUT2D eigenvalue weighted by Gasteiger charge is -2.10. The normalized spacial score (nSPS) is 10.5. The maximum Gasteiger partial charge on any atom is 0.257 e. The van der Waals surface area contributed by atoms with Gasteiger partial charge in [-0.2, -0.15) is 0 Å². The largest absolute Gasteiger partial charge is 0.398 e. The van der Waals surface area contributed by atoms with Crippen LogP contribution in [0.15, 0.2) is 54.7 Å². The van der Waals surface area contributed by atoms with Crippen molar-refractivity contribution in [2.45, 2.75) is 0 Å². The number of para-hydroxylation sites is 1. The predicted octanol–water partition coefficient (Wildman–Crippen LogP) is 3.72. The Hall–Kier alpha value is -2.59. The van der Waals surface area contributed by atoms with E-state index >= 15 is 0 Å². The van der Waals surface area contributed by atoms with E-state index in [1.54, 1.807) is 48.7 Å². The molecule has 0 saturated heterocycles. The maximum atomic E-state index is 12.3. The summed E-state index contributed by atoms with van der Waals surface area (Å²) in [7, 11) is 0. The van der Waals surface area contributed by atoms with Crippen LogP contribution in [0.2, 0.25) is 5.02 Å². The van der Waals surface area contributed by atoms with Crippen molar-refractivity contribution in [3.05, 3.63) is 65.3 Å². The van der Waals surface area contributed by atoms with Gasteiger partial charge in [0.05, 0.1) is 21.8 Å². The van der Waals surface area contributed by atoms with E-state index in [0.29, 0.717) is 27.5 Å². The molecule has 1 aromatic heterocycles. The predicted molar refractivity (Wildman–Crippen MR) is 85.6 cm³/mol. The van der Waals surface area contributed by atoms with Crippen LogP contribution in [0.1, 0.15) is 10.4 Å². The number of aromatic nitrogens is 1. The molecule has 0 fully saturated rings. The summed E-state index contributed by atoms with van der Waals surface area (Å²) in [4.78, 5) is 16.6. The minimum atomic E-state index is -0.263. The summed E-state index contributed by atoms with van der Waals surface area (Å²) < 4.78 is 0. The average molecular weight is 298 g/mol. The SMILES string of the molecule is Nc1ccccc1C(=O)Nc1ccc(Cl)c2ncccc12. The van der Waals surface area contributed by atoms with E-state index in [1.807, 2.05) is 6.07 Å². The molecule has 0 atom stereocenters. The first kappa shape index (κ1) is 13.4. The zero-order valence-electron chi connectivity index (χ0n) is 11.0. The third-order valence-corrected chi connectivity index (χ3v) is 3.48. The molecule has 0 aliphatic heterocycles. The zero-order chi connectivity index (χ0) is 14.8. The number of anilines is 2. The van der Waals surface area contributed by atoms with Gasteiger partial charge in [0, 0.05) is 17.3 Å². The number of carbonyl (C=O) groups is 1. The van der Waals surface area contributed by atoms with E-state index in [9.17, 15) is 4.79 Å².